The van der Waals surface area contributed by atoms with Crippen LogP contribution in [-0.4, -0.2) is 0 Å². The Morgan fingerprint density at radius 2 is 0.193 bits per heavy atom. The number of hydrogen-bond donors (Lipinski definition) is 0. The summed E-state index contributed by atoms with van der Waals surface area (Å²) in [5.41, 5.74) is 0. The van der Waals surface area contributed by atoms with Crippen LogP contribution in [0.5, 0.6) is 0 Å². The summed E-state index contributed by atoms with van der Waals surface area (Å²) in [4.78, 5) is 0. The minimum absolute atomic E-state index is 1.21. The highest BCUT2D eigenvalue weighted by Gasteiger charge is 2.02. The molecule has 0 rings (SSSR count). The molecule has 0 aliphatic heterocycles. The fraction of sp³-hybridized carbons (Fsp3) is 0.976. The van der Waals surface area contributed by atoms with Gasteiger partial charge in [-0.15, -0.1) is 6.58 Å². The predicted molar refractivity (Wildman–Crippen MR) is 385 cm³/mol. The lowest BCUT2D eigenvalue weighted by Crippen LogP contribution is -1.85. The highest BCUT2D eigenvalue weighted by Crippen LogP contribution is 2.22. The van der Waals surface area contributed by atoms with E-state index in [4.69, 9.17) is 0 Å². The molecule has 0 spiro atoms. The van der Waals surface area contributed by atoms with Gasteiger partial charge in [-0.05, 0) is 12.8 Å². The Bertz CT molecular complexity index is 1060. The molecule has 0 aliphatic carbocycles. The van der Waals surface area contributed by atoms with Crippen molar-refractivity contribution >= 4 is 0 Å². The molecule has 0 bridgehead atoms. The minimum atomic E-state index is 1.21. The van der Waals surface area contributed by atoms with Crippen LogP contribution in [0.4, 0.5) is 0 Å². The molecule has 0 saturated heterocycles. The van der Waals surface area contributed by atoms with Crippen molar-refractivity contribution in [1.29, 1.82) is 0 Å². The minimum Gasteiger partial charge on any atom is -0.103 e. The Hall–Kier alpha value is -0.260. The predicted octanol–water partition coefficient (Wildman–Crippen LogP) is 32.4. The second kappa shape index (κ2) is 81.7. The molecule has 0 aliphatic rings. The van der Waals surface area contributed by atoms with Crippen LogP contribution in [-0.2, 0) is 0 Å². The zero-order chi connectivity index (χ0) is 59.3. The first-order valence-corrected chi connectivity index (χ1v) is 41.0. The SMILES string of the molecule is C=CCCCCCCCCCCCCCCCCCCCCCCCCCCCCCCCCCCCCCCCCCCCCCCCCCCCCCCCCCCCCCCCCCCCCCCCCCCCCCCCCC. The van der Waals surface area contributed by atoms with Crippen LogP contribution in [0.2, 0.25) is 0 Å². The van der Waals surface area contributed by atoms with E-state index in [0.717, 1.165) is 0 Å². The standard InChI is InChI=1S/C83H166/c1-3-5-7-9-11-13-15-17-19-21-23-25-27-29-31-33-35-37-39-41-43-45-47-49-51-53-55-57-59-61-63-65-67-69-71-73-75-77-79-81-83-82-80-78-76-74-72-70-68-66-64-62-60-58-56-54-52-50-48-46-44-42-40-38-36-34-32-30-28-26-24-22-20-18-16-14-12-10-8-6-4-2/h3H,1,4-83H2,2H3. The van der Waals surface area contributed by atoms with Crippen molar-refractivity contribution in [1.82, 2.24) is 0 Å². The van der Waals surface area contributed by atoms with Crippen molar-refractivity contribution in [2.45, 2.75) is 521 Å². The van der Waals surface area contributed by atoms with Crippen LogP contribution in [0, 0.1) is 0 Å². The maximum absolute atomic E-state index is 3.82. The Morgan fingerprint density at radius 1 is 0.120 bits per heavy atom. The fourth-order valence-electron chi connectivity index (χ4n) is 14.0. The Balaban J connectivity index is 3.08. The molecule has 0 amide bonds. The van der Waals surface area contributed by atoms with Crippen LogP contribution in [0.25, 0.3) is 0 Å². The average Bonchev–Trinajstić information content (AvgIpc) is 3.49. The highest BCUT2D eigenvalue weighted by molar-refractivity contribution is 4.65. The molecular formula is C83H166. The van der Waals surface area contributed by atoms with Gasteiger partial charge in [-0.1, -0.05) is 514 Å². The van der Waals surface area contributed by atoms with E-state index >= 15 is 0 Å². The maximum Gasteiger partial charge on any atom is -0.0353 e. The van der Waals surface area contributed by atoms with Gasteiger partial charge in [0.15, 0.2) is 0 Å². The van der Waals surface area contributed by atoms with E-state index in [2.05, 4.69) is 19.6 Å². The van der Waals surface area contributed by atoms with Gasteiger partial charge in [-0.25, -0.2) is 0 Å². The number of hydrogen-bond acceptors (Lipinski definition) is 0. The molecule has 0 radical (unpaired) electrons. The quantitative estimate of drug-likeness (QED) is 0.0421. The summed E-state index contributed by atoms with van der Waals surface area (Å²) in [6, 6.07) is 0. The second-order valence-corrected chi connectivity index (χ2v) is 28.7. The molecule has 0 unspecified atom stereocenters. The summed E-state index contributed by atoms with van der Waals surface area (Å²) in [5.74, 6) is 0. The van der Waals surface area contributed by atoms with Crippen molar-refractivity contribution in [3.63, 3.8) is 0 Å². The molecule has 0 aromatic rings. The highest BCUT2D eigenvalue weighted by atomic mass is 14.1. The van der Waals surface area contributed by atoms with Gasteiger partial charge in [-0.3, -0.25) is 0 Å². The Morgan fingerprint density at radius 3 is 0.265 bits per heavy atom. The van der Waals surface area contributed by atoms with Crippen LogP contribution < -0.4 is 0 Å². The first-order chi connectivity index (χ1) is 41.4. The van der Waals surface area contributed by atoms with E-state index < -0.39 is 0 Å². The zero-order valence-corrected chi connectivity index (χ0v) is 58.9. The largest absolute Gasteiger partial charge is 0.103 e. The fourth-order valence-corrected chi connectivity index (χ4v) is 14.0. The molecular weight excluding hydrogens is 997 g/mol. The molecule has 83 heavy (non-hydrogen) atoms. The number of allylic oxidation sites excluding steroid dienone is 1. The topological polar surface area (TPSA) is 0 Å². The van der Waals surface area contributed by atoms with Gasteiger partial charge in [0.2, 0.25) is 0 Å². The molecule has 0 fully saturated rings. The first-order valence-electron chi connectivity index (χ1n) is 41.0. The van der Waals surface area contributed by atoms with Gasteiger partial charge in [0, 0.05) is 0 Å². The lowest BCUT2D eigenvalue weighted by molar-refractivity contribution is 0.505. The van der Waals surface area contributed by atoms with Gasteiger partial charge in [0.1, 0.15) is 0 Å². The average molecular weight is 1160 g/mol. The van der Waals surface area contributed by atoms with Gasteiger partial charge in [-0.2, -0.15) is 0 Å². The summed E-state index contributed by atoms with van der Waals surface area (Å²) in [5, 5.41) is 0. The first kappa shape index (κ1) is 82.7. The van der Waals surface area contributed by atoms with Crippen molar-refractivity contribution in [3.05, 3.63) is 12.7 Å². The van der Waals surface area contributed by atoms with Crippen LogP contribution in [0.15, 0.2) is 12.7 Å². The van der Waals surface area contributed by atoms with Gasteiger partial charge >= 0.3 is 0 Å². The van der Waals surface area contributed by atoms with Crippen molar-refractivity contribution in [2.24, 2.45) is 0 Å². The molecule has 498 valence electrons. The second-order valence-electron chi connectivity index (χ2n) is 28.7. The van der Waals surface area contributed by atoms with Gasteiger partial charge < -0.3 is 0 Å². The van der Waals surface area contributed by atoms with Crippen molar-refractivity contribution in [2.75, 3.05) is 0 Å². The molecule has 0 heteroatoms. The summed E-state index contributed by atoms with van der Waals surface area (Å²) >= 11 is 0. The van der Waals surface area contributed by atoms with Crippen LogP contribution >= 0.6 is 0 Å². The third-order valence-corrected chi connectivity index (χ3v) is 20.0. The Kier molecular flexibility index (Phi) is 81.5. The molecule has 0 atom stereocenters. The summed E-state index contributed by atoms with van der Waals surface area (Å²) in [6.45, 7) is 6.14. The lowest BCUT2D eigenvalue weighted by atomic mass is 10.0. The van der Waals surface area contributed by atoms with E-state index in [9.17, 15) is 0 Å². The van der Waals surface area contributed by atoms with Gasteiger partial charge in [0.25, 0.3) is 0 Å². The van der Waals surface area contributed by atoms with Crippen LogP contribution in [0.3, 0.4) is 0 Å². The normalized spacial score (nSPS) is 11.7. The lowest BCUT2D eigenvalue weighted by Gasteiger charge is -2.05. The third kappa shape index (κ3) is 81.7. The van der Waals surface area contributed by atoms with E-state index in [1.807, 2.05) is 0 Å². The molecule has 0 aromatic heterocycles. The Labute approximate surface area is 530 Å². The van der Waals surface area contributed by atoms with E-state index in [1.165, 1.54) is 514 Å². The maximum atomic E-state index is 3.82. The zero-order valence-electron chi connectivity index (χ0n) is 58.9. The van der Waals surface area contributed by atoms with E-state index in [-0.39, 0.29) is 0 Å². The van der Waals surface area contributed by atoms with Crippen molar-refractivity contribution in [3.8, 4) is 0 Å². The number of unbranched alkanes of at least 4 members (excludes halogenated alkanes) is 79. The molecule has 0 aromatic carbocycles. The molecule has 0 saturated carbocycles. The number of rotatable bonds is 80. The summed E-state index contributed by atoms with van der Waals surface area (Å²) in [6.07, 6.45) is 121. The summed E-state index contributed by atoms with van der Waals surface area (Å²) < 4.78 is 0. The van der Waals surface area contributed by atoms with Crippen LogP contribution in [0.1, 0.15) is 521 Å². The van der Waals surface area contributed by atoms with E-state index in [0.29, 0.717) is 0 Å². The smallest absolute Gasteiger partial charge is 0.0353 e. The molecule has 0 heterocycles. The third-order valence-electron chi connectivity index (χ3n) is 20.0. The summed E-state index contributed by atoms with van der Waals surface area (Å²) in [7, 11) is 0. The van der Waals surface area contributed by atoms with E-state index in [1.54, 1.807) is 0 Å². The molecule has 0 N–H and O–H groups in total. The molecule has 0 nitrogen and oxygen atoms in total. The van der Waals surface area contributed by atoms with Gasteiger partial charge in [0.05, 0.1) is 0 Å². The monoisotopic (exact) mass is 1160 g/mol. The van der Waals surface area contributed by atoms with Crippen molar-refractivity contribution < 1.29 is 0 Å².